The van der Waals surface area contributed by atoms with Gasteiger partial charge in [-0.3, -0.25) is 0 Å². The van der Waals surface area contributed by atoms with Gasteiger partial charge in [-0.05, 0) is 0 Å². The zero-order valence-corrected chi connectivity index (χ0v) is 9.64. The SMILES string of the molecule is CS(=O)(=O)CCNc1nc(N)ncc1Cl. The van der Waals surface area contributed by atoms with Crippen LogP contribution < -0.4 is 11.1 Å². The summed E-state index contributed by atoms with van der Waals surface area (Å²) in [6, 6.07) is 0. The lowest BCUT2D eigenvalue weighted by Crippen LogP contribution is -2.15. The number of halogens is 1. The van der Waals surface area contributed by atoms with E-state index in [2.05, 4.69) is 15.3 Å². The monoisotopic (exact) mass is 250 g/mol. The van der Waals surface area contributed by atoms with E-state index >= 15 is 0 Å². The number of rotatable bonds is 4. The molecule has 0 radical (unpaired) electrons. The van der Waals surface area contributed by atoms with Gasteiger partial charge in [0.25, 0.3) is 0 Å². The zero-order chi connectivity index (χ0) is 11.5. The van der Waals surface area contributed by atoms with E-state index in [9.17, 15) is 8.42 Å². The molecule has 0 bridgehead atoms. The van der Waals surface area contributed by atoms with Gasteiger partial charge >= 0.3 is 0 Å². The lowest BCUT2D eigenvalue weighted by Gasteiger charge is -2.06. The first-order valence-electron chi connectivity index (χ1n) is 4.08. The molecule has 3 N–H and O–H groups in total. The molecule has 1 rings (SSSR count). The molecule has 8 heteroatoms. The molecule has 0 atom stereocenters. The number of sulfone groups is 1. The molecule has 0 fully saturated rings. The number of nitrogens with one attached hydrogen (secondary N) is 1. The summed E-state index contributed by atoms with van der Waals surface area (Å²) >= 11 is 5.75. The van der Waals surface area contributed by atoms with E-state index in [0.717, 1.165) is 6.26 Å². The van der Waals surface area contributed by atoms with Crippen molar-refractivity contribution >= 4 is 33.2 Å². The summed E-state index contributed by atoms with van der Waals surface area (Å²) in [4.78, 5) is 7.49. The Morgan fingerprint density at radius 2 is 2.27 bits per heavy atom. The molecule has 0 spiro atoms. The second kappa shape index (κ2) is 4.63. The zero-order valence-electron chi connectivity index (χ0n) is 8.07. The maximum absolute atomic E-state index is 10.8. The van der Waals surface area contributed by atoms with Crippen LogP contribution in [-0.2, 0) is 9.84 Å². The van der Waals surface area contributed by atoms with Gasteiger partial charge in [-0.2, -0.15) is 4.98 Å². The maximum Gasteiger partial charge on any atom is 0.222 e. The number of hydrogen-bond donors (Lipinski definition) is 2. The minimum atomic E-state index is -3.00. The quantitative estimate of drug-likeness (QED) is 0.791. The van der Waals surface area contributed by atoms with Crippen LogP contribution in [-0.4, -0.2) is 36.9 Å². The van der Waals surface area contributed by atoms with Crippen LogP contribution in [0, 0.1) is 0 Å². The van der Waals surface area contributed by atoms with E-state index in [4.69, 9.17) is 17.3 Å². The van der Waals surface area contributed by atoms with Crippen molar-refractivity contribution < 1.29 is 8.42 Å². The number of nitrogen functional groups attached to an aromatic ring is 1. The van der Waals surface area contributed by atoms with Gasteiger partial charge in [0.15, 0.2) is 5.82 Å². The topological polar surface area (TPSA) is 98.0 Å². The number of aromatic nitrogens is 2. The fourth-order valence-corrected chi connectivity index (χ4v) is 1.49. The predicted molar refractivity (Wildman–Crippen MR) is 59.7 cm³/mol. The third-order valence-corrected chi connectivity index (χ3v) is 2.75. The molecule has 1 aromatic rings. The predicted octanol–water partition coefficient (Wildman–Crippen LogP) is 0.169. The molecule has 0 aliphatic carbocycles. The molecular formula is C7H11ClN4O2S. The Hall–Kier alpha value is -1.08. The Morgan fingerprint density at radius 3 is 2.87 bits per heavy atom. The summed E-state index contributed by atoms with van der Waals surface area (Å²) in [7, 11) is -3.00. The molecule has 0 aromatic carbocycles. The molecule has 15 heavy (non-hydrogen) atoms. The average Bonchev–Trinajstić information content (AvgIpc) is 2.09. The highest BCUT2D eigenvalue weighted by molar-refractivity contribution is 7.90. The highest BCUT2D eigenvalue weighted by Gasteiger charge is 2.05. The molecular weight excluding hydrogens is 240 g/mol. The number of nitrogens with two attached hydrogens (primary N) is 1. The standard InChI is InChI=1S/C7H11ClN4O2S/c1-15(13,14)3-2-10-6-5(8)4-11-7(9)12-6/h4H,2-3H2,1H3,(H3,9,10,11,12). The Labute approximate surface area is 92.8 Å². The first-order valence-corrected chi connectivity index (χ1v) is 6.52. The third-order valence-electron chi connectivity index (χ3n) is 1.53. The van der Waals surface area contributed by atoms with Crippen molar-refractivity contribution in [1.29, 1.82) is 0 Å². The van der Waals surface area contributed by atoms with Gasteiger partial charge in [-0.15, -0.1) is 0 Å². The smallest absolute Gasteiger partial charge is 0.222 e. The fourth-order valence-electron chi connectivity index (χ4n) is 0.860. The van der Waals surface area contributed by atoms with Gasteiger partial charge in [0.05, 0.1) is 11.9 Å². The minimum absolute atomic E-state index is 0.00718. The van der Waals surface area contributed by atoms with Crippen LogP contribution in [0.5, 0.6) is 0 Å². The van der Waals surface area contributed by atoms with Crippen molar-refractivity contribution in [2.45, 2.75) is 0 Å². The van der Waals surface area contributed by atoms with Crippen LogP contribution in [0.1, 0.15) is 0 Å². The summed E-state index contributed by atoms with van der Waals surface area (Å²) < 4.78 is 21.7. The van der Waals surface area contributed by atoms with Crippen molar-refractivity contribution in [2.75, 3.05) is 29.6 Å². The van der Waals surface area contributed by atoms with E-state index in [1.165, 1.54) is 6.20 Å². The van der Waals surface area contributed by atoms with Crippen molar-refractivity contribution in [2.24, 2.45) is 0 Å². The maximum atomic E-state index is 10.8. The molecule has 0 unspecified atom stereocenters. The van der Waals surface area contributed by atoms with Gasteiger partial charge in [-0.1, -0.05) is 11.6 Å². The Kier molecular flexibility index (Phi) is 3.70. The number of nitrogens with zero attached hydrogens (tertiary/aromatic N) is 2. The molecule has 1 heterocycles. The van der Waals surface area contributed by atoms with Gasteiger partial charge in [-0.25, -0.2) is 13.4 Å². The summed E-state index contributed by atoms with van der Waals surface area (Å²) in [5, 5.41) is 3.07. The van der Waals surface area contributed by atoms with Crippen LogP contribution in [0.15, 0.2) is 6.20 Å². The normalized spacial score (nSPS) is 11.3. The lowest BCUT2D eigenvalue weighted by molar-refractivity contribution is 0.602. The van der Waals surface area contributed by atoms with E-state index in [-0.39, 0.29) is 18.2 Å². The van der Waals surface area contributed by atoms with Crippen LogP contribution in [0.25, 0.3) is 0 Å². The molecule has 1 aromatic heterocycles. The third kappa shape index (κ3) is 4.30. The second-order valence-electron chi connectivity index (χ2n) is 2.98. The highest BCUT2D eigenvalue weighted by Crippen LogP contribution is 2.17. The first kappa shape index (κ1) is 12.0. The minimum Gasteiger partial charge on any atom is -0.368 e. The molecule has 0 aliphatic heterocycles. The van der Waals surface area contributed by atoms with Crippen LogP contribution in [0.2, 0.25) is 5.02 Å². The molecule has 84 valence electrons. The molecule has 0 aliphatic rings. The van der Waals surface area contributed by atoms with Gasteiger partial charge in [0.1, 0.15) is 14.9 Å². The van der Waals surface area contributed by atoms with Crippen molar-refractivity contribution in [1.82, 2.24) is 9.97 Å². The largest absolute Gasteiger partial charge is 0.368 e. The lowest BCUT2D eigenvalue weighted by atomic mass is 10.5. The van der Waals surface area contributed by atoms with Crippen molar-refractivity contribution in [3.63, 3.8) is 0 Å². The highest BCUT2D eigenvalue weighted by atomic mass is 35.5. The summed E-state index contributed by atoms with van der Waals surface area (Å²) in [5.74, 6) is 0.432. The number of hydrogen-bond acceptors (Lipinski definition) is 6. The first-order chi connectivity index (χ1) is 6.88. The van der Waals surface area contributed by atoms with Crippen molar-refractivity contribution in [3.8, 4) is 0 Å². The average molecular weight is 251 g/mol. The Bertz CT molecular complexity index is 448. The van der Waals surface area contributed by atoms with Crippen LogP contribution in [0.3, 0.4) is 0 Å². The Balaban J connectivity index is 2.61. The summed E-state index contributed by atoms with van der Waals surface area (Å²) in [6.07, 6.45) is 2.51. The van der Waals surface area contributed by atoms with Crippen molar-refractivity contribution in [3.05, 3.63) is 11.2 Å². The molecule has 0 saturated heterocycles. The van der Waals surface area contributed by atoms with Gasteiger partial charge in [0, 0.05) is 12.8 Å². The molecule has 0 amide bonds. The Morgan fingerprint density at radius 1 is 1.60 bits per heavy atom. The van der Waals surface area contributed by atoms with E-state index < -0.39 is 9.84 Å². The van der Waals surface area contributed by atoms with Crippen LogP contribution >= 0.6 is 11.6 Å². The van der Waals surface area contributed by atoms with Gasteiger partial charge < -0.3 is 11.1 Å². The van der Waals surface area contributed by atoms with E-state index in [0.29, 0.717) is 10.8 Å². The second-order valence-corrected chi connectivity index (χ2v) is 5.65. The fraction of sp³-hybridized carbons (Fsp3) is 0.429. The summed E-state index contributed by atoms with van der Waals surface area (Å²) in [5.41, 5.74) is 5.35. The van der Waals surface area contributed by atoms with Gasteiger partial charge in [0.2, 0.25) is 5.95 Å². The molecule has 6 nitrogen and oxygen atoms in total. The van der Waals surface area contributed by atoms with E-state index in [1.54, 1.807) is 0 Å². The summed E-state index contributed by atoms with van der Waals surface area (Å²) in [6.45, 7) is 0.231. The number of anilines is 2. The van der Waals surface area contributed by atoms with E-state index in [1.807, 2.05) is 0 Å². The van der Waals surface area contributed by atoms with Crippen LogP contribution in [0.4, 0.5) is 11.8 Å². The molecule has 0 saturated carbocycles.